The van der Waals surface area contributed by atoms with Crippen LogP contribution in [-0.4, -0.2) is 36.7 Å². The number of ether oxygens (including phenoxy) is 1. The Morgan fingerprint density at radius 3 is 2.74 bits per heavy atom. The minimum absolute atomic E-state index is 0.0536. The third-order valence-electron chi connectivity index (χ3n) is 4.86. The fraction of sp³-hybridized carbons (Fsp3) is 0.632. The first-order chi connectivity index (χ1) is 11.0. The number of aryl methyl sites for hydroxylation is 2. The molecule has 0 saturated carbocycles. The van der Waals surface area contributed by atoms with E-state index in [1.54, 1.807) is 0 Å². The molecule has 4 heteroatoms. The molecule has 1 saturated heterocycles. The topological polar surface area (TPSA) is 41.6 Å². The van der Waals surface area contributed by atoms with Crippen molar-refractivity contribution < 1.29 is 9.53 Å². The van der Waals surface area contributed by atoms with Gasteiger partial charge in [0.05, 0.1) is 6.54 Å². The van der Waals surface area contributed by atoms with Crippen molar-refractivity contribution in [1.29, 1.82) is 0 Å². The maximum atomic E-state index is 12.3. The molecule has 1 aromatic carbocycles. The number of nitrogens with one attached hydrogen (secondary N) is 1. The van der Waals surface area contributed by atoms with Gasteiger partial charge in [-0.3, -0.25) is 0 Å². The number of nitrogens with zero attached hydrogens (tertiary/aromatic N) is 1. The molecule has 128 valence electrons. The second-order valence-corrected chi connectivity index (χ2v) is 6.49. The zero-order valence-electron chi connectivity index (χ0n) is 14.9. The third kappa shape index (κ3) is 4.40. The summed E-state index contributed by atoms with van der Waals surface area (Å²) in [7, 11) is 0. The molecule has 1 aliphatic rings. The Bertz CT molecular complexity index is 542. The number of hydrogen-bond donors (Lipinski definition) is 1. The quantitative estimate of drug-likeness (QED) is 0.835. The molecule has 1 aromatic rings. The molecule has 0 aliphatic carbocycles. The second kappa shape index (κ2) is 8.23. The van der Waals surface area contributed by atoms with Crippen molar-refractivity contribution in [1.82, 2.24) is 10.2 Å². The Morgan fingerprint density at radius 1 is 1.26 bits per heavy atom. The molecule has 0 bridgehead atoms. The second-order valence-electron chi connectivity index (χ2n) is 6.49. The van der Waals surface area contributed by atoms with Gasteiger partial charge in [0.15, 0.2) is 0 Å². The van der Waals surface area contributed by atoms with Gasteiger partial charge in [-0.05, 0) is 63.1 Å². The molecular weight excluding hydrogens is 288 g/mol. The SMILES string of the molecule is CCC1CCCCN1C(=O)NCCOc1c(C)ccc(C)c1C. The van der Waals surface area contributed by atoms with Crippen LogP contribution in [0.25, 0.3) is 0 Å². The van der Waals surface area contributed by atoms with E-state index in [4.69, 9.17) is 4.74 Å². The first-order valence-corrected chi connectivity index (χ1v) is 8.78. The summed E-state index contributed by atoms with van der Waals surface area (Å²) in [5, 5.41) is 3.00. The van der Waals surface area contributed by atoms with Crippen LogP contribution in [0.2, 0.25) is 0 Å². The number of amides is 2. The van der Waals surface area contributed by atoms with Crippen LogP contribution in [-0.2, 0) is 0 Å². The van der Waals surface area contributed by atoms with Gasteiger partial charge in [-0.1, -0.05) is 19.1 Å². The Balaban J connectivity index is 1.81. The largest absolute Gasteiger partial charge is 0.491 e. The van der Waals surface area contributed by atoms with Gasteiger partial charge in [-0.15, -0.1) is 0 Å². The van der Waals surface area contributed by atoms with Crippen LogP contribution in [0.4, 0.5) is 4.79 Å². The van der Waals surface area contributed by atoms with E-state index in [1.807, 2.05) is 4.90 Å². The standard InChI is InChI=1S/C19H30N2O2/c1-5-17-8-6-7-12-21(17)19(22)20-11-13-23-18-15(3)10-9-14(2)16(18)4/h9-10,17H,5-8,11-13H2,1-4H3,(H,20,22). The van der Waals surface area contributed by atoms with Crippen LogP contribution in [0.15, 0.2) is 12.1 Å². The third-order valence-corrected chi connectivity index (χ3v) is 4.86. The van der Waals surface area contributed by atoms with Crippen LogP contribution < -0.4 is 10.1 Å². The molecule has 23 heavy (non-hydrogen) atoms. The van der Waals surface area contributed by atoms with Crippen molar-refractivity contribution >= 4 is 6.03 Å². The number of urea groups is 1. The Hall–Kier alpha value is -1.71. The van der Waals surface area contributed by atoms with Crippen molar-refractivity contribution in [3.63, 3.8) is 0 Å². The molecule has 1 fully saturated rings. The van der Waals surface area contributed by atoms with Crippen molar-refractivity contribution in [3.8, 4) is 5.75 Å². The number of benzene rings is 1. The van der Waals surface area contributed by atoms with E-state index in [9.17, 15) is 4.79 Å². The van der Waals surface area contributed by atoms with Crippen LogP contribution in [0.1, 0.15) is 49.3 Å². The zero-order valence-corrected chi connectivity index (χ0v) is 14.9. The minimum Gasteiger partial charge on any atom is -0.491 e. The summed E-state index contributed by atoms with van der Waals surface area (Å²) < 4.78 is 5.91. The van der Waals surface area contributed by atoms with E-state index in [2.05, 4.69) is 45.1 Å². The van der Waals surface area contributed by atoms with E-state index in [0.717, 1.165) is 37.1 Å². The van der Waals surface area contributed by atoms with Gasteiger partial charge in [0.2, 0.25) is 0 Å². The number of piperidine rings is 1. The lowest BCUT2D eigenvalue weighted by atomic mass is 10.0. The average Bonchev–Trinajstić information content (AvgIpc) is 2.57. The predicted molar refractivity (Wildman–Crippen MR) is 94.2 cm³/mol. The van der Waals surface area contributed by atoms with E-state index in [-0.39, 0.29) is 6.03 Å². The molecular formula is C19H30N2O2. The highest BCUT2D eigenvalue weighted by molar-refractivity contribution is 5.74. The number of carbonyl (C=O) groups excluding carboxylic acids is 1. The van der Waals surface area contributed by atoms with E-state index < -0.39 is 0 Å². The van der Waals surface area contributed by atoms with Gasteiger partial charge in [-0.2, -0.15) is 0 Å². The summed E-state index contributed by atoms with van der Waals surface area (Å²) in [5.74, 6) is 0.948. The highest BCUT2D eigenvalue weighted by atomic mass is 16.5. The van der Waals surface area contributed by atoms with Gasteiger partial charge in [0, 0.05) is 12.6 Å². The molecule has 0 spiro atoms. The van der Waals surface area contributed by atoms with Gasteiger partial charge in [0.25, 0.3) is 0 Å². The molecule has 1 heterocycles. The van der Waals surface area contributed by atoms with E-state index in [0.29, 0.717) is 19.2 Å². The molecule has 0 aromatic heterocycles. The predicted octanol–water partition coefficient (Wildman–Crippen LogP) is 3.96. The van der Waals surface area contributed by atoms with Crippen molar-refractivity contribution in [2.45, 2.75) is 59.4 Å². The van der Waals surface area contributed by atoms with Crippen LogP contribution >= 0.6 is 0 Å². The molecule has 2 amide bonds. The number of likely N-dealkylation sites (tertiary alicyclic amines) is 1. The van der Waals surface area contributed by atoms with Crippen LogP contribution in [0.5, 0.6) is 5.75 Å². The molecule has 1 aliphatic heterocycles. The van der Waals surface area contributed by atoms with Gasteiger partial charge in [0.1, 0.15) is 12.4 Å². The lowest BCUT2D eigenvalue weighted by Crippen LogP contribution is -2.49. The minimum atomic E-state index is 0.0536. The summed E-state index contributed by atoms with van der Waals surface area (Å²) in [5.41, 5.74) is 3.55. The molecule has 1 N–H and O–H groups in total. The monoisotopic (exact) mass is 318 g/mol. The molecule has 2 rings (SSSR count). The van der Waals surface area contributed by atoms with Crippen molar-refractivity contribution in [2.75, 3.05) is 19.7 Å². The van der Waals surface area contributed by atoms with E-state index in [1.165, 1.54) is 17.5 Å². The fourth-order valence-electron chi connectivity index (χ4n) is 3.25. The Morgan fingerprint density at radius 2 is 2.00 bits per heavy atom. The number of carbonyl (C=O) groups is 1. The van der Waals surface area contributed by atoms with Gasteiger partial charge in [-0.25, -0.2) is 4.79 Å². The lowest BCUT2D eigenvalue weighted by molar-refractivity contribution is 0.147. The van der Waals surface area contributed by atoms with E-state index >= 15 is 0 Å². The van der Waals surface area contributed by atoms with Crippen LogP contribution in [0, 0.1) is 20.8 Å². The molecule has 0 radical (unpaired) electrons. The summed E-state index contributed by atoms with van der Waals surface area (Å²) in [6.45, 7) is 10.3. The Kier molecular flexibility index (Phi) is 6.31. The highest BCUT2D eigenvalue weighted by Crippen LogP contribution is 2.25. The van der Waals surface area contributed by atoms with Gasteiger partial charge >= 0.3 is 6.03 Å². The number of rotatable bonds is 5. The van der Waals surface area contributed by atoms with Crippen LogP contribution in [0.3, 0.4) is 0 Å². The first kappa shape index (κ1) is 17.6. The summed E-state index contributed by atoms with van der Waals surface area (Å²) in [4.78, 5) is 14.3. The average molecular weight is 318 g/mol. The normalized spacial score (nSPS) is 17.9. The smallest absolute Gasteiger partial charge is 0.317 e. The molecule has 1 atom stereocenters. The maximum Gasteiger partial charge on any atom is 0.317 e. The van der Waals surface area contributed by atoms with Crippen molar-refractivity contribution in [3.05, 3.63) is 28.8 Å². The highest BCUT2D eigenvalue weighted by Gasteiger charge is 2.24. The summed E-state index contributed by atoms with van der Waals surface area (Å²) in [6, 6.07) is 4.64. The van der Waals surface area contributed by atoms with Crippen molar-refractivity contribution in [2.24, 2.45) is 0 Å². The van der Waals surface area contributed by atoms with Gasteiger partial charge < -0.3 is 15.0 Å². The first-order valence-electron chi connectivity index (χ1n) is 8.78. The summed E-state index contributed by atoms with van der Waals surface area (Å²) >= 11 is 0. The summed E-state index contributed by atoms with van der Waals surface area (Å²) in [6.07, 6.45) is 4.51. The molecule has 4 nitrogen and oxygen atoms in total. The fourth-order valence-corrected chi connectivity index (χ4v) is 3.25. The number of hydrogen-bond acceptors (Lipinski definition) is 2. The molecule has 1 unspecified atom stereocenters. The Labute approximate surface area is 140 Å². The zero-order chi connectivity index (χ0) is 16.8. The lowest BCUT2D eigenvalue weighted by Gasteiger charge is -2.35. The maximum absolute atomic E-state index is 12.3.